The second-order valence-electron chi connectivity index (χ2n) is 4.57. The van der Waals surface area contributed by atoms with Crippen LogP contribution >= 0.6 is 0 Å². The summed E-state index contributed by atoms with van der Waals surface area (Å²) in [5.41, 5.74) is 0.220. The lowest BCUT2D eigenvalue weighted by Gasteiger charge is -2.20. The Morgan fingerprint density at radius 3 is 2.29 bits per heavy atom. The molecule has 0 aliphatic carbocycles. The fourth-order valence-electron chi connectivity index (χ4n) is 1.06. The van der Waals surface area contributed by atoms with Gasteiger partial charge in [-0.25, -0.2) is 0 Å². The number of aliphatic hydroxyl groups excluding tert-OH is 1. The van der Waals surface area contributed by atoms with E-state index in [4.69, 9.17) is 9.84 Å². The van der Waals surface area contributed by atoms with Gasteiger partial charge in [-0.2, -0.15) is 0 Å². The highest BCUT2D eigenvalue weighted by Crippen LogP contribution is 1.99. The van der Waals surface area contributed by atoms with Crippen LogP contribution in [0.3, 0.4) is 0 Å². The third kappa shape index (κ3) is 11.9. The quantitative estimate of drug-likeness (QED) is 0.588. The number of ether oxygens (including phenoxy) is 1. The van der Waals surface area contributed by atoms with Gasteiger partial charge in [-0.05, 0) is 46.6 Å². The van der Waals surface area contributed by atoms with Crippen molar-refractivity contribution in [3.63, 3.8) is 0 Å². The van der Waals surface area contributed by atoms with Gasteiger partial charge in [0.25, 0.3) is 0 Å². The summed E-state index contributed by atoms with van der Waals surface area (Å²) in [4.78, 5) is 0. The van der Waals surface area contributed by atoms with E-state index in [1.54, 1.807) is 0 Å². The zero-order valence-electron chi connectivity index (χ0n) is 9.81. The third-order valence-electron chi connectivity index (χ3n) is 1.82. The first-order valence-electron chi connectivity index (χ1n) is 5.50. The van der Waals surface area contributed by atoms with Crippen molar-refractivity contribution < 1.29 is 9.84 Å². The van der Waals surface area contributed by atoms with E-state index < -0.39 is 0 Å². The molecule has 0 fully saturated rings. The highest BCUT2D eigenvalue weighted by Gasteiger charge is 2.06. The molecule has 2 N–H and O–H groups in total. The predicted molar refractivity (Wildman–Crippen MR) is 59.5 cm³/mol. The van der Waals surface area contributed by atoms with Crippen molar-refractivity contribution in [2.75, 3.05) is 26.4 Å². The van der Waals surface area contributed by atoms with Crippen LogP contribution in [0.2, 0.25) is 0 Å². The van der Waals surface area contributed by atoms with Crippen molar-refractivity contribution >= 4 is 0 Å². The van der Waals surface area contributed by atoms with Crippen LogP contribution in [0.5, 0.6) is 0 Å². The molecule has 0 bridgehead atoms. The summed E-state index contributed by atoms with van der Waals surface area (Å²) in [5, 5.41) is 11.9. The van der Waals surface area contributed by atoms with E-state index in [2.05, 4.69) is 26.1 Å². The topological polar surface area (TPSA) is 41.5 Å². The van der Waals surface area contributed by atoms with Gasteiger partial charge in [-0.3, -0.25) is 0 Å². The summed E-state index contributed by atoms with van der Waals surface area (Å²) in [6.45, 7) is 9.29. The Balaban J connectivity index is 2.99. The van der Waals surface area contributed by atoms with Crippen LogP contribution in [-0.4, -0.2) is 37.0 Å². The third-order valence-corrected chi connectivity index (χ3v) is 1.82. The van der Waals surface area contributed by atoms with E-state index >= 15 is 0 Å². The molecule has 0 rings (SSSR count). The molecular weight excluding hydrogens is 178 g/mol. The molecule has 86 valence electrons. The number of unbranched alkanes of at least 4 members (excludes halogenated alkanes) is 1. The summed E-state index contributed by atoms with van der Waals surface area (Å²) in [5.74, 6) is 0. The summed E-state index contributed by atoms with van der Waals surface area (Å²) >= 11 is 0. The fraction of sp³-hybridized carbons (Fsp3) is 1.00. The molecule has 0 aromatic carbocycles. The van der Waals surface area contributed by atoms with Crippen LogP contribution in [0.4, 0.5) is 0 Å². The molecule has 0 saturated carbocycles. The van der Waals surface area contributed by atoms with Crippen LogP contribution < -0.4 is 5.32 Å². The molecule has 3 nitrogen and oxygen atoms in total. The molecule has 0 amide bonds. The van der Waals surface area contributed by atoms with E-state index in [0.29, 0.717) is 6.61 Å². The summed E-state index contributed by atoms with van der Waals surface area (Å²) in [6, 6.07) is 0. The van der Waals surface area contributed by atoms with Gasteiger partial charge in [0, 0.05) is 25.4 Å². The zero-order chi connectivity index (χ0) is 10.9. The Kier molecular flexibility index (Phi) is 8.14. The number of hydrogen-bond donors (Lipinski definition) is 2. The zero-order valence-corrected chi connectivity index (χ0v) is 9.81. The van der Waals surface area contributed by atoms with Gasteiger partial charge in [-0.1, -0.05) is 0 Å². The molecule has 0 saturated heterocycles. The minimum atomic E-state index is 0.220. The molecule has 0 heterocycles. The monoisotopic (exact) mass is 203 g/mol. The first-order valence-corrected chi connectivity index (χ1v) is 5.50. The lowest BCUT2D eigenvalue weighted by atomic mass is 10.1. The van der Waals surface area contributed by atoms with Crippen molar-refractivity contribution in [3.8, 4) is 0 Å². The lowest BCUT2D eigenvalue weighted by Crippen LogP contribution is -2.36. The molecule has 0 aromatic rings. The first-order chi connectivity index (χ1) is 6.56. The molecule has 14 heavy (non-hydrogen) atoms. The van der Waals surface area contributed by atoms with Crippen LogP contribution in [0.25, 0.3) is 0 Å². The molecular formula is C11H25NO2. The minimum absolute atomic E-state index is 0.220. The molecule has 0 aliphatic heterocycles. The average Bonchev–Trinajstić information content (AvgIpc) is 2.08. The normalized spacial score (nSPS) is 12.0. The van der Waals surface area contributed by atoms with Crippen LogP contribution in [0.15, 0.2) is 0 Å². The van der Waals surface area contributed by atoms with E-state index in [1.807, 2.05) is 0 Å². The van der Waals surface area contributed by atoms with E-state index in [0.717, 1.165) is 32.4 Å². The number of hydrogen-bond acceptors (Lipinski definition) is 3. The van der Waals surface area contributed by atoms with E-state index in [9.17, 15) is 0 Å². The van der Waals surface area contributed by atoms with Crippen molar-refractivity contribution in [1.29, 1.82) is 0 Å². The van der Waals surface area contributed by atoms with Crippen LogP contribution in [0.1, 0.15) is 40.0 Å². The molecule has 3 heteroatoms. The molecule has 0 aromatic heterocycles. The van der Waals surface area contributed by atoms with E-state index in [-0.39, 0.29) is 12.1 Å². The molecule has 0 radical (unpaired) electrons. The van der Waals surface area contributed by atoms with Gasteiger partial charge in [-0.15, -0.1) is 0 Å². The Morgan fingerprint density at radius 2 is 1.71 bits per heavy atom. The minimum Gasteiger partial charge on any atom is -0.396 e. The first kappa shape index (κ1) is 13.9. The summed E-state index contributed by atoms with van der Waals surface area (Å²) in [7, 11) is 0. The van der Waals surface area contributed by atoms with Gasteiger partial charge >= 0.3 is 0 Å². The number of aliphatic hydroxyl groups is 1. The Morgan fingerprint density at radius 1 is 1.07 bits per heavy atom. The van der Waals surface area contributed by atoms with E-state index in [1.165, 1.54) is 0 Å². The largest absolute Gasteiger partial charge is 0.396 e. The lowest BCUT2D eigenvalue weighted by molar-refractivity contribution is 0.112. The Bertz CT molecular complexity index is 121. The standard InChI is InChI=1S/C11H25NO2/c1-11(2,3)12-7-4-5-9-14-10-6-8-13/h12-13H,4-10H2,1-3H3. The highest BCUT2D eigenvalue weighted by atomic mass is 16.5. The summed E-state index contributed by atoms with van der Waals surface area (Å²) in [6.07, 6.45) is 2.99. The van der Waals surface area contributed by atoms with Gasteiger partial charge in [0.05, 0.1) is 0 Å². The average molecular weight is 203 g/mol. The van der Waals surface area contributed by atoms with Crippen molar-refractivity contribution in [1.82, 2.24) is 5.32 Å². The van der Waals surface area contributed by atoms with Crippen LogP contribution in [0, 0.1) is 0 Å². The van der Waals surface area contributed by atoms with Gasteiger partial charge < -0.3 is 15.2 Å². The highest BCUT2D eigenvalue weighted by molar-refractivity contribution is 4.69. The van der Waals surface area contributed by atoms with Gasteiger partial charge in [0.15, 0.2) is 0 Å². The number of nitrogens with one attached hydrogen (secondary N) is 1. The SMILES string of the molecule is CC(C)(C)NCCCCOCCCO. The predicted octanol–water partition coefficient (Wildman–Crippen LogP) is 1.55. The maximum absolute atomic E-state index is 8.51. The second-order valence-corrected chi connectivity index (χ2v) is 4.57. The van der Waals surface area contributed by atoms with Crippen LogP contribution in [-0.2, 0) is 4.74 Å². The second kappa shape index (κ2) is 8.21. The van der Waals surface area contributed by atoms with Crippen molar-refractivity contribution in [2.45, 2.75) is 45.6 Å². The Hall–Kier alpha value is -0.120. The van der Waals surface area contributed by atoms with Crippen molar-refractivity contribution in [2.24, 2.45) is 0 Å². The van der Waals surface area contributed by atoms with Crippen molar-refractivity contribution in [3.05, 3.63) is 0 Å². The van der Waals surface area contributed by atoms with Gasteiger partial charge in [0.2, 0.25) is 0 Å². The van der Waals surface area contributed by atoms with Gasteiger partial charge in [0.1, 0.15) is 0 Å². The Labute approximate surface area is 87.8 Å². The molecule has 0 spiro atoms. The number of rotatable bonds is 8. The maximum Gasteiger partial charge on any atom is 0.0487 e. The molecule has 0 unspecified atom stereocenters. The molecule has 0 aliphatic rings. The smallest absolute Gasteiger partial charge is 0.0487 e. The maximum atomic E-state index is 8.51. The molecule has 0 atom stereocenters. The fourth-order valence-corrected chi connectivity index (χ4v) is 1.06. The summed E-state index contributed by atoms with van der Waals surface area (Å²) < 4.78 is 5.32.